The van der Waals surface area contributed by atoms with Crippen LogP contribution in [0, 0.1) is 0 Å². The predicted octanol–water partition coefficient (Wildman–Crippen LogP) is 2.47. The van der Waals surface area contributed by atoms with Crippen molar-refractivity contribution < 1.29 is 17.3 Å². The van der Waals surface area contributed by atoms with Gasteiger partial charge in [0.05, 0.1) is 19.0 Å². The SMILES string of the molecule is C=C(C)OCCCOS(=O)(=O)Cc1ccccc1. The van der Waals surface area contributed by atoms with Crippen molar-refractivity contribution >= 4 is 10.1 Å². The van der Waals surface area contributed by atoms with E-state index in [1.165, 1.54) is 0 Å². The summed E-state index contributed by atoms with van der Waals surface area (Å²) in [5.74, 6) is 0.511. The minimum atomic E-state index is -3.51. The van der Waals surface area contributed by atoms with Crippen LogP contribution >= 0.6 is 0 Å². The maximum absolute atomic E-state index is 11.6. The molecule has 4 nitrogen and oxygen atoms in total. The molecule has 1 rings (SSSR count). The molecule has 5 heteroatoms. The van der Waals surface area contributed by atoms with Gasteiger partial charge in [-0.2, -0.15) is 8.42 Å². The topological polar surface area (TPSA) is 52.6 Å². The summed E-state index contributed by atoms with van der Waals surface area (Å²) in [7, 11) is -3.51. The Kier molecular flexibility index (Phi) is 5.88. The van der Waals surface area contributed by atoms with Crippen LogP contribution in [0.25, 0.3) is 0 Å². The summed E-state index contributed by atoms with van der Waals surface area (Å²) in [5, 5.41) is 0. The summed E-state index contributed by atoms with van der Waals surface area (Å²) in [6.45, 7) is 5.86. The number of ether oxygens (including phenoxy) is 1. The molecule has 0 aliphatic carbocycles. The zero-order chi connectivity index (χ0) is 13.4. The van der Waals surface area contributed by atoms with Gasteiger partial charge in [0.2, 0.25) is 0 Å². The largest absolute Gasteiger partial charge is 0.499 e. The van der Waals surface area contributed by atoms with Gasteiger partial charge < -0.3 is 4.74 Å². The molecule has 0 saturated carbocycles. The molecule has 0 atom stereocenters. The van der Waals surface area contributed by atoms with Gasteiger partial charge in [-0.3, -0.25) is 4.18 Å². The molecule has 18 heavy (non-hydrogen) atoms. The summed E-state index contributed by atoms with van der Waals surface area (Å²) in [6.07, 6.45) is 0.515. The van der Waals surface area contributed by atoms with E-state index in [2.05, 4.69) is 6.58 Å². The van der Waals surface area contributed by atoms with Crippen molar-refractivity contribution in [3.63, 3.8) is 0 Å². The van der Waals surface area contributed by atoms with Gasteiger partial charge in [-0.1, -0.05) is 36.9 Å². The van der Waals surface area contributed by atoms with E-state index in [0.717, 1.165) is 5.56 Å². The molecule has 0 aromatic heterocycles. The third-order valence-corrected chi connectivity index (χ3v) is 3.30. The lowest BCUT2D eigenvalue weighted by Gasteiger charge is -2.07. The molecule has 0 N–H and O–H groups in total. The van der Waals surface area contributed by atoms with Crippen molar-refractivity contribution in [1.82, 2.24) is 0 Å². The van der Waals surface area contributed by atoms with Gasteiger partial charge in [-0.15, -0.1) is 0 Å². The van der Waals surface area contributed by atoms with E-state index in [1.807, 2.05) is 6.07 Å². The molecule has 1 aromatic rings. The number of hydrogen-bond donors (Lipinski definition) is 0. The van der Waals surface area contributed by atoms with Crippen LogP contribution in [0.1, 0.15) is 18.9 Å². The third kappa shape index (κ3) is 6.42. The third-order valence-electron chi connectivity index (χ3n) is 2.09. The fourth-order valence-electron chi connectivity index (χ4n) is 1.31. The van der Waals surface area contributed by atoms with E-state index < -0.39 is 10.1 Å². The second kappa shape index (κ2) is 7.18. The highest BCUT2D eigenvalue weighted by molar-refractivity contribution is 7.85. The normalized spacial score (nSPS) is 11.2. The summed E-state index contributed by atoms with van der Waals surface area (Å²) in [4.78, 5) is 0. The molecule has 0 amide bonds. The van der Waals surface area contributed by atoms with E-state index in [4.69, 9.17) is 8.92 Å². The van der Waals surface area contributed by atoms with Gasteiger partial charge in [-0.05, 0) is 12.5 Å². The molecule has 0 heterocycles. The molecule has 0 radical (unpaired) electrons. The average molecular weight is 270 g/mol. The second-order valence-electron chi connectivity index (χ2n) is 3.91. The fraction of sp³-hybridized carbons (Fsp3) is 0.385. The zero-order valence-corrected chi connectivity index (χ0v) is 11.3. The second-order valence-corrected chi connectivity index (χ2v) is 5.55. The first-order chi connectivity index (χ1) is 8.49. The fourth-order valence-corrected chi connectivity index (χ4v) is 2.37. The Morgan fingerprint density at radius 2 is 1.89 bits per heavy atom. The minimum Gasteiger partial charge on any atom is -0.499 e. The van der Waals surface area contributed by atoms with Crippen molar-refractivity contribution in [3.05, 3.63) is 48.2 Å². The van der Waals surface area contributed by atoms with Crippen LogP contribution in [0.2, 0.25) is 0 Å². The van der Waals surface area contributed by atoms with Crippen LogP contribution < -0.4 is 0 Å². The van der Waals surface area contributed by atoms with Crippen molar-refractivity contribution in [2.75, 3.05) is 13.2 Å². The monoisotopic (exact) mass is 270 g/mol. The number of rotatable bonds is 8. The summed E-state index contributed by atoms with van der Waals surface area (Å²) >= 11 is 0. The molecule has 0 saturated heterocycles. The van der Waals surface area contributed by atoms with E-state index >= 15 is 0 Å². The summed E-state index contributed by atoms with van der Waals surface area (Å²) < 4.78 is 33.2. The smallest absolute Gasteiger partial charge is 0.271 e. The summed E-state index contributed by atoms with van der Waals surface area (Å²) in [5.41, 5.74) is 0.718. The first kappa shape index (κ1) is 14.7. The quantitative estimate of drug-likeness (QED) is 0.414. The number of hydrogen-bond acceptors (Lipinski definition) is 4. The van der Waals surface area contributed by atoms with E-state index in [-0.39, 0.29) is 12.4 Å². The van der Waals surface area contributed by atoms with Crippen LogP contribution in [-0.2, 0) is 24.8 Å². The highest BCUT2D eigenvalue weighted by Crippen LogP contribution is 2.07. The van der Waals surface area contributed by atoms with Gasteiger partial charge >= 0.3 is 0 Å². The van der Waals surface area contributed by atoms with Crippen molar-refractivity contribution in [2.24, 2.45) is 0 Å². The van der Waals surface area contributed by atoms with Crippen molar-refractivity contribution in [2.45, 2.75) is 19.1 Å². The van der Waals surface area contributed by atoms with Gasteiger partial charge in [-0.25, -0.2) is 0 Å². The molecule has 0 unspecified atom stereocenters. The molecule has 1 aromatic carbocycles. The Morgan fingerprint density at radius 3 is 2.50 bits per heavy atom. The molecule has 0 spiro atoms. The number of benzene rings is 1. The van der Waals surface area contributed by atoms with Gasteiger partial charge in [0.25, 0.3) is 10.1 Å². The molecule has 100 valence electrons. The van der Waals surface area contributed by atoms with Gasteiger partial charge in [0.15, 0.2) is 0 Å². The minimum absolute atomic E-state index is 0.102. The standard InChI is InChI=1S/C13H18O4S/c1-12(2)16-9-6-10-17-18(14,15)11-13-7-4-3-5-8-13/h3-5,7-8H,1,6,9-11H2,2H3. The Bertz CT molecular complexity index is 465. The zero-order valence-electron chi connectivity index (χ0n) is 10.5. The van der Waals surface area contributed by atoms with Gasteiger partial charge in [0, 0.05) is 6.42 Å². The Labute approximate surface area is 108 Å². The lowest BCUT2D eigenvalue weighted by molar-refractivity contribution is 0.187. The lowest BCUT2D eigenvalue weighted by atomic mass is 10.2. The molecular formula is C13H18O4S. The van der Waals surface area contributed by atoms with Crippen LogP contribution in [0.3, 0.4) is 0 Å². The van der Waals surface area contributed by atoms with Crippen LogP contribution in [-0.4, -0.2) is 21.6 Å². The van der Waals surface area contributed by atoms with Gasteiger partial charge in [0.1, 0.15) is 5.75 Å². The lowest BCUT2D eigenvalue weighted by Crippen LogP contribution is -2.11. The van der Waals surface area contributed by atoms with E-state index in [9.17, 15) is 8.42 Å². The first-order valence-electron chi connectivity index (χ1n) is 5.69. The summed E-state index contributed by atoms with van der Waals surface area (Å²) in [6, 6.07) is 8.94. The Balaban J connectivity index is 2.30. The van der Waals surface area contributed by atoms with Crippen LogP contribution in [0.15, 0.2) is 42.7 Å². The molecule has 0 aliphatic heterocycles. The van der Waals surface area contributed by atoms with Crippen molar-refractivity contribution in [1.29, 1.82) is 0 Å². The maximum atomic E-state index is 11.6. The van der Waals surface area contributed by atoms with E-state index in [1.54, 1.807) is 31.2 Å². The Hall–Kier alpha value is -1.33. The van der Waals surface area contributed by atoms with E-state index in [0.29, 0.717) is 18.8 Å². The molecular weight excluding hydrogens is 252 g/mol. The molecule has 0 bridgehead atoms. The Morgan fingerprint density at radius 1 is 1.22 bits per heavy atom. The maximum Gasteiger partial charge on any atom is 0.271 e. The van der Waals surface area contributed by atoms with Crippen LogP contribution in [0.5, 0.6) is 0 Å². The first-order valence-corrected chi connectivity index (χ1v) is 7.27. The van der Waals surface area contributed by atoms with Crippen molar-refractivity contribution in [3.8, 4) is 0 Å². The molecule has 0 aliphatic rings. The highest BCUT2D eigenvalue weighted by Gasteiger charge is 2.11. The number of allylic oxidation sites excluding steroid dienone is 1. The molecule has 0 fully saturated rings. The highest BCUT2D eigenvalue weighted by atomic mass is 32.2. The van der Waals surface area contributed by atoms with Crippen LogP contribution in [0.4, 0.5) is 0 Å². The predicted molar refractivity (Wildman–Crippen MR) is 70.4 cm³/mol. The average Bonchev–Trinajstić information content (AvgIpc) is 2.28.